The van der Waals surface area contributed by atoms with Crippen LogP contribution in [0.25, 0.3) is 9.40 Å². The van der Waals surface area contributed by atoms with Gasteiger partial charge in [-0.2, -0.15) is 0 Å². The van der Waals surface area contributed by atoms with E-state index in [4.69, 9.17) is 5.11 Å². The van der Waals surface area contributed by atoms with E-state index >= 15 is 0 Å². The second kappa shape index (κ2) is 4.59. The maximum atomic E-state index is 12.3. The lowest BCUT2D eigenvalue weighted by molar-refractivity contribution is -0.141. The monoisotopic (exact) mass is 297 g/mol. The van der Waals surface area contributed by atoms with E-state index in [1.54, 1.807) is 17.4 Å². The predicted octanol–water partition coefficient (Wildman–Crippen LogP) is 1.62. The lowest BCUT2D eigenvalue weighted by Gasteiger charge is -2.20. The summed E-state index contributed by atoms with van der Waals surface area (Å²) < 4.78 is 2.06. The fourth-order valence-electron chi connectivity index (χ4n) is 2.29. The summed E-state index contributed by atoms with van der Waals surface area (Å²) in [5.41, 5.74) is 0. The third kappa shape index (κ3) is 2.13. The van der Waals surface area contributed by atoms with Crippen LogP contribution in [-0.2, 0) is 4.79 Å². The van der Waals surface area contributed by atoms with Crippen molar-refractivity contribution in [2.75, 3.05) is 6.54 Å². The Kier molecular flexibility index (Phi) is 3.04. The van der Waals surface area contributed by atoms with Crippen molar-refractivity contribution in [1.82, 2.24) is 4.90 Å². The first kappa shape index (κ1) is 12.6. The number of fused-ring (bicyclic) bond motifs is 1. The number of aliphatic carboxylic acids is 1. The Morgan fingerprint density at radius 1 is 1.37 bits per heavy atom. The zero-order valence-corrected chi connectivity index (χ0v) is 11.4. The van der Waals surface area contributed by atoms with Crippen LogP contribution in [0.4, 0.5) is 0 Å². The molecule has 1 fully saturated rings. The van der Waals surface area contributed by atoms with Crippen LogP contribution >= 0.6 is 22.7 Å². The van der Waals surface area contributed by atoms with Crippen LogP contribution in [-0.4, -0.2) is 45.7 Å². The molecule has 2 N–H and O–H groups in total. The Labute approximate surface area is 116 Å². The van der Waals surface area contributed by atoms with Crippen LogP contribution in [0.3, 0.4) is 0 Å². The Hall–Kier alpha value is -1.44. The van der Waals surface area contributed by atoms with Gasteiger partial charge in [0, 0.05) is 22.4 Å². The summed E-state index contributed by atoms with van der Waals surface area (Å²) in [4.78, 5) is 25.2. The largest absolute Gasteiger partial charge is 0.480 e. The summed E-state index contributed by atoms with van der Waals surface area (Å²) >= 11 is 2.91. The predicted molar refractivity (Wildman–Crippen MR) is 72.8 cm³/mol. The minimum atomic E-state index is -1.07. The average Bonchev–Trinajstić information content (AvgIpc) is 2.99. The van der Waals surface area contributed by atoms with Gasteiger partial charge in [-0.05, 0) is 17.5 Å². The molecule has 1 amide bonds. The number of carbonyl (C=O) groups is 2. The molecule has 0 bridgehead atoms. The van der Waals surface area contributed by atoms with Crippen molar-refractivity contribution >= 4 is 43.9 Å². The number of aliphatic hydroxyl groups excluding tert-OH is 1. The normalized spacial score (nSPS) is 23.1. The molecule has 1 saturated heterocycles. The minimum absolute atomic E-state index is 0.0847. The first-order chi connectivity index (χ1) is 9.06. The van der Waals surface area contributed by atoms with Crippen molar-refractivity contribution in [2.45, 2.75) is 18.6 Å². The molecule has 19 heavy (non-hydrogen) atoms. The highest BCUT2D eigenvalue weighted by Gasteiger charge is 2.39. The number of hydrogen-bond acceptors (Lipinski definition) is 5. The van der Waals surface area contributed by atoms with Crippen LogP contribution in [0.2, 0.25) is 0 Å². The molecule has 0 spiro atoms. The Bertz CT molecular complexity index is 618. The number of hydrogen-bond donors (Lipinski definition) is 2. The van der Waals surface area contributed by atoms with Crippen molar-refractivity contribution in [3.05, 3.63) is 22.4 Å². The van der Waals surface area contributed by atoms with E-state index in [9.17, 15) is 14.7 Å². The van der Waals surface area contributed by atoms with Crippen LogP contribution in [0.5, 0.6) is 0 Å². The molecule has 2 aromatic rings. The lowest BCUT2D eigenvalue weighted by atomic mass is 10.2. The molecule has 100 valence electrons. The molecule has 3 rings (SSSR count). The molecule has 0 saturated carbocycles. The minimum Gasteiger partial charge on any atom is -0.480 e. The number of aliphatic hydroxyl groups is 1. The zero-order chi connectivity index (χ0) is 13.6. The number of carbonyl (C=O) groups excluding carboxylic acids is 1. The van der Waals surface area contributed by atoms with E-state index in [0.717, 1.165) is 9.40 Å². The maximum absolute atomic E-state index is 12.3. The van der Waals surface area contributed by atoms with Gasteiger partial charge in [-0.15, -0.1) is 22.7 Å². The summed E-state index contributed by atoms with van der Waals surface area (Å²) in [7, 11) is 0. The van der Waals surface area contributed by atoms with Crippen LogP contribution in [0.15, 0.2) is 17.5 Å². The van der Waals surface area contributed by atoms with Gasteiger partial charge in [0.05, 0.1) is 11.0 Å². The SMILES string of the molecule is O=C(O)[C@@H]1C[C@H](O)CN1C(=O)c1cc2sccc2s1. The number of rotatable bonds is 2. The Morgan fingerprint density at radius 2 is 2.16 bits per heavy atom. The van der Waals surface area contributed by atoms with E-state index in [-0.39, 0.29) is 18.9 Å². The number of likely N-dealkylation sites (tertiary alicyclic amines) is 1. The van der Waals surface area contributed by atoms with Crippen molar-refractivity contribution in [2.24, 2.45) is 0 Å². The number of carboxylic acid groups (broad SMARTS) is 1. The molecule has 2 aromatic heterocycles. The molecule has 0 aromatic carbocycles. The Balaban J connectivity index is 1.90. The van der Waals surface area contributed by atoms with Crippen LogP contribution in [0, 0.1) is 0 Å². The number of amides is 1. The maximum Gasteiger partial charge on any atom is 0.326 e. The van der Waals surface area contributed by atoms with E-state index in [0.29, 0.717) is 4.88 Å². The molecule has 0 radical (unpaired) electrons. The van der Waals surface area contributed by atoms with Gasteiger partial charge in [-0.1, -0.05) is 0 Å². The number of β-amino-alcohol motifs (C(OH)–C–C–N with tert-alkyl or cyclic N) is 1. The van der Waals surface area contributed by atoms with Gasteiger partial charge in [0.25, 0.3) is 5.91 Å². The number of thiophene rings is 2. The quantitative estimate of drug-likeness (QED) is 0.883. The van der Waals surface area contributed by atoms with Gasteiger partial charge >= 0.3 is 5.97 Å². The lowest BCUT2D eigenvalue weighted by Crippen LogP contribution is -2.40. The van der Waals surface area contributed by atoms with E-state index < -0.39 is 18.1 Å². The molecule has 1 aliphatic heterocycles. The third-order valence-corrected chi connectivity index (χ3v) is 5.26. The van der Waals surface area contributed by atoms with Crippen molar-refractivity contribution in [1.29, 1.82) is 0 Å². The summed E-state index contributed by atoms with van der Waals surface area (Å²) in [6, 6.07) is 2.80. The Morgan fingerprint density at radius 3 is 2.84 bits per heavy atom. The van der Waals surface area contributed by atoms with Gasteiger partial charge in [0.15, 0.2) is 0 Å². The molecule has 5 nitrogen and oxygen atoms in total. The van der Waals surface area contributed by atoms with Crippen molar-refractivity contribution in [3.8, 4) is 0 Å². The standard InChI is InChI=1S/C12H11NO4S2/c14-6-3-7(12(16)17)13(5-6)11(15)10-4-9-8(19-10)1-2-18-9/h1-2,4,6-7,14H,3,5H2,(H,16,17)/t6-,7-/m0/s1. The van der Waals surface area contributed by atoms with Gasteiger partial charge in [-0.3, -0.25) is 4.79 Å². The first-order valence-electron chi connectivity index (χ1n) is 5.75. The topological polar surface area (TPSA) is 77.8 Å². The van der Waals surface area contributed by atoms with E-state index in [1.165, 1.54) is 16.2 Å². The fourth-order valence-corrected chi connectivity index (χ4v) is 4.35. The molecule has 0 aliphatic carbocycles. The zero-order valence-electron chi connectivity index (χ0n) is 9.78. The summed E-state index contributed by atoms with van der Waals surface area (Å²) in [6.45, 7) is 0.0847. The van der Waals surface area contributed by atoms with Gasteiger partial charge in [-0.25, -0.2) is 4.79 Å². The molecule has 1 aliphatic rings. The average molecular weight is 297 g/mol. The third-order valence-electron chi connectivity index (χ3n) is 3.18. The number of carboxylic acids is 1. The van der Waals surface area contributed by atoms with Gasteiger partial charge < -0.3 is 15.1 Å². The summed E-state index contributed by atoms with van der Waals surface area (Å²) in [6.07, 6.45) is -0.660. The molecule has 2 atom stereocenters. The second-order valence-electron chi connectivity index (χ2n) is 4.46. The smallest absolute Gasteiger partial charge is 0.326 e. The molecular formula is C12H11NO4S2. The highest BCUT2D eigenvalue weighted by molar-refractivity contribution is 7.27. The highest BCUT2D eigenvalue weighted by atomic mass is 32.1. The van der Waals surface area contributed by atoms with E-state index in [1.807, 2.05) is 11.4 Å². The molecule has 3 heterocycles. The van der Waals surface area contributed by atoms with Crippen molar-refractivity contribution < 1.29 is 19.8 Å². The molecular weight excluding hydrogens is 286 g/mol. The van der Waals surface area contributed by atoms with Crippen LogP contribution in [0.1, 0.15) is 16.1 Å². The molecule has 7 heteroatoms. The summed E-state index contributed by atoms with van der Waals surface area (Å²) in [5, 5.41) is 20.6. The van der Waals surface area contributed by atoms with Gasteiger partial charge in [0.1, 0.15) is 6.04 Å². The summed E-state index contributed by atoms with van der Waals surface area (Å²) in [5.74, 6) is -1.37. The van der Waals surface area contributed by atoms with Crippen LogP contribution < -0.4 is 0 Å². The van der Waals surface area contributed by atoms with Gasteiger partial charge in [0.2, 0.25) is 0 Å². The van der Waals surface area contributed by atoms with E-state index in [2.05, 4.69) is 0 Å². The fraction of sp³-hybridized carbons (Fsp3) is 0.333. The molecule has 0 unspecified atom stereocenters. The highest BCUT2D eigenvalue weighted by Crippen LogP contribution is 2.32. The van der Waals surface area contributed by atoms with Crippen molar-refractivity contribution in [3.63, 3.8) is 0 Å². The number of nitrogens with zero attached hydrogens (tertiary/aromatic N) is 1. The first-order valence-corrected chi connectivity index (χ1v) is 7.45. The second-order valence-corrected chi connectivity index (χ2v) is 6.49.